The van der Waals surface area contributed by atoms with Gasteiger partial charge in [0.2, 0.25) is 5.91 Å². The Bertz CT molecular complexity index is 1780. The number of carbonyl (C=O) groups excluding carboxylic acids is 2. The Morgan fingerprint density at radius 1 is 0.743 bits per heavy atom. The van der Waals surface area contributed by atoms with Crippen molar-refractivity contribution in [3.05, 3.63) is 85.1 Å². The van der Waals surface area contributed by atoms with Crippen LogP contribution in [0.4, 0.5) is 13.2 Å². The van der Waals surface area contributed by atoms with E-state index in [0.29, 0.717) is 0 Å². The fourth-order valence-electron chi connectivity index (χ4n) is 7.97. The van der Waals surface area contributed by atoms with Crippen LogP contribution in [-0.4, -0.2) is 180 Å². The molecule has 0 radical (unpaired) electrons. The van der Waals surface area contributed by atoms with Crippen LogP contribution in [0.15, 0.2) is 85.1 Å². The van der Waals surface area contributed by atoms with Crippen LogP contribution in [-0.2, 0) is 33.3 Å². The number of hydrogen-bond acceptors (Lipinski definition) is 18. The first-order valence-corrected chi connectivity index (χ1v) is 23.4. The number of halogens is 3. The highest BCUT2D eigenvalue weighted by molar-refractivity contribution is 5.80. The molecule has 2 saturated heterocycles. The Morgan fingerprint density at radius 2 is 1.34 bits per heavy atom. The molecule has 0 aromatic carbocycles. The molecule has 0 spiro atoms. The van der Waals surface area contributed by atoms with E-state index in [0.717, 1.165) is 0 Å². The predicted octanol–water partition coefficient (Wildman–Crippen LogP) is 0.645. The fraction of sp³-hybridized carbons (Fsp3) is 0.667. The Morgan fingerprint density at radius 3 is 1.96 bits per heavy atom. The van der Waals surface area contributed by atoms with Gasteiger partial charge in [-0.15, -0.1) is 13.2 Å². The summed E-state index contributed by atoms with van der Waals surface area (Å²) < 4.78 is 64.6. The standard InChI is InChI=1S/C48H73F3N2O17/c1-29-15-13-11-9-7-5-3-4-6-8-10-12-14-16-34(69-46-44(63)43(52)39(61)28-66-46)25-40-42(45(64)53-19-20-67-48(49,50)51)38(60)27-47(65,70-40)26-33(56)23-37(59)35(57)18-17-31(54)22-32(55)24-41(62)68-30(2)21-36(29)58/h3-16,29-40,42-44,46,54-61,63,65H,17-28,52H2,1-2H3,(H,53,64)/b4-3+,7-5+,8-6+,11-9+,12-10+,15-13+,16-14+/t29-,30-,31?,32?,33?,34-,35?,36-,37?,38-,39+,40-,42?,43-,44-,46-,47+/m0/s1. The average Bonchev–Trinajstić information content (AvgIpc) is 3.25. The van der Waals surface area contributed by atoms with Gasteiger partial charge in [-0.25, -0.2) is 0 Å². The summed E-state index contributed by atoms with van der Waals surface area (Å²) in [6.07, 6.45) is -2.17. The lowest BCUT2D eigenvalue weighted by atomic mass is 9.82. The van der Waals surface area contributed by atoms with Crippen LogP contribution in [0, 0.1) is 11.8 Å². The molecular weight excluding hydrogens is 934 g/mol. The van der Waals surface area contributed by atoms with E-state index < -0.39 is 161 Å². The molecular formula is C48H73F3N2O17. The zero-order valence-corrected chi connectivity index (χ0v) is 39.3. The molecule has 13 N–H and O–H groups in total. The number of nitrogens with two attached hydrogens (primary N) is 1. The number of ether oxygens (including phenoxy) is 5. The van der Waals surface area contributed by atoms with E-state index in [1.165, 1.54) is 12.2 Å². The minimum absolute atomic E-state index is 0.125. The molecule has 3 aliphatic rings. The van der Waals surface area contributed by atoms with Gasteiger partial charge in [0.15, 0.2) is 12.1 Å². The molecule has 2 fully saturated rings. The lowest BCUT2D eigenvalue weighted by Crippen LogP contribution is -2.59. The van der Waals surface area contributed by atoms with E-state index in [4.69, 9.17) is 24.7 Å². The Balaban J connectivity index is 1.91. The monoisotopic (exact) mass is 1010 g/mol. The Kier molecular flexibility index (Phi) is 26.3. The van der Waals surface area contributed by atoms with Crippen molar-refractivity contribution in [2.24, 2.45) is 17.6 Å². The normalized spacial score (nSPS) is 41.2. The van der Waals surface area contributed by atoms with Gasteiger partial charge in [-0.2, -0.15) is 0 Å². The molecule has 17 atom stereocenters. The van der Waals surface area contributed by atoms with E-state index in [1.807, 2.05) is 0 Å². The molecule has 2 bridgehead atoms. The van der Waals surface area contributed by atoms with Crippen LogP contribution in [0.3, 0.4) is 0 Å². The second-order valence-electron chi connectivity index (χ2n) is 17.9. The minimum Gasteiger partial charge on any atom is -0.462 e. The van der Waals surface area contributed by atoms with Crippen molar-refractivity contribution in [3.8, 4) is 0 Å². The number of aliphatic hydroxyl groups is 10. The largest absolute Gasteiger partial charge is 0.522 e. The van der Waals surface area contributed by atoms with Gasteiger partial charge < -0.3 is 81.1 Å². The van der Waals surface area contributed by atoms with Crippen molar-refractivity contribution in [2.75, 3.05) is 19.8 Å². The smallest absolute Gasteiger partial charge is 0.462 e. The highest BCUT2D eigenvalue weighted by atomic mass is 19.4. The summed E-state index contributed by atoms with van der Waals surface area (Å²) in [5.74, 6) is -6.04. The summed E-state index contributed by atoms with van der Waals surface area (Å²) >= 11 is 0. The quantitative estimate of drug-likeness (QED) is 0.128. The van der Waals surface area contributed by atoms with Gasteiger partial charge in [-0.3, -0.25) is 14.3 Å². The maximum atomic E-state index is 13.5. The Labute approximate surface area is 405 Å². The summed E-state index contributed by atoms with van der Waals surface area (Å²) in [5.41, 5.74) is 5.95. The molecule has 6 unspecified atom stereocenters. The molecule has 3 aliphatic heterocycles. The van der Waals surface area contributed by atoms with Crippen LogP contribution < -0.4 is 11.1 Å². The molecule has 70 heavy (non-hydrogen) atoms. The lowest BCUT2D eigenvalue weighted by molar-refractivity contribution is -0.323. The van der Waals surface area contributed by atoms with Crippen LogP contribution in [0.25, 0.3) is 0 Å². The first kappa shape index (κ1) is 60.6. The summed E-state index contributed by atoms with van der Waals surface area (Å²) in [6.45, 7) is 1.46. The molecule has 0 saturated carbocycles. The summed E-state index contributed by atoms with van der Waals surface area (Å²) in [7, 11) is 0. The van der Waals surface area contributed by atoms with E-state index in [9.17, 15) is 73.8 Å². The van der Waals surface area contributed by atoms with E-state index in [-0.39, 0.29) is 38.2 Å². The first-order valence-electron chi connectivity index (χ1n) is 23.4. The maximum absolute atomic E-state index is 13.5. The number of esters is 1. The average molecular weight is 1010 g/mol. The second kappa shape index (κ2) is 30.4. The van der Waals surface area contributed by atoms with Gasteiger partial charge in [0.05, 0.1) is 92.6 Å². The first-order chi connectivity index (χ1) is 33.0. The van der Waals surface area contributed by atoms with E-state index >= 15 is 0 Å². The van der Waals surface area contributed by atoms with Crippen molar-refractivity contribution in [2.45, 2.75) is 169 Å². The van der Waals surface area contributed by atoms with Crippen molar-refractivity contribution in [1.29, 1.82) is 0 Å². The molecule has 0 aliphatic carbocycles. The van der Waals surface area contributed by atoms with Crippen molar-refractivity contribution >= 4 is 11.9 Å². The summed E-state index contributed by atoms with van der Waals surface area (Å²) in [6, 6.07) is -1.19. The van der Waals surface area contributed by atoms with Gasteiger partial charge in [0.1, 0.15) is 12.2 Å². The van der Waals surface area contributed by atoms with Gasteiger partial charge in [0.25, 0.3) is 0 Å². The number of cyclic esters (lactones) is 1. The van der Waals surface area contributed by atoms with Crippen molar-refractivity contribution in [3.63, 3.8) is 0 Å². The molecule has 3 heterocycles. The number of hydrogen-bond donors (Lipinski definition) is 12. The molecule has 3 rings (SSSR count). The number of nitrogens with one attached hydrogen (secondary N) is 1. The molecule has 398 valence electrons. The van der Waals surface area contributed by atoms with Crippen LogP contribution >= 0.6 is 0 Å². The third kappa shape index (κ3) is 22.8. The minimum atomic E-state index is -4.99. The number of fused-ring (bicyclic) bond motifs is 2. The SMILES string of the molecule is C[C@H]1C[C@H](O)[C@@H](C)/C=C/C=C/C=C/C=C/C=C/C=C/C=C/[C@H](O[C@@H]2OC[C@@H](O)[C@H](N)[C@@H]2O)C[C@@H]2O[C@](O)(CC(O)CC(O)C(O)CCC(O)CC(O)CC(=O)O1)C[C@H](O)C2C(=O)NCCOC(F)(F)F. The van der Waals surface area contributed by atoms with Crippen molar-refractivity contribution in [1.82, 2.24) is 5.32 Å². The van der Waals surface area contributed by atoms with Crippen LogP contribution in [0.5, 0.6) is 0 Å². The molecule has 22 heteroatoms. The van der Waals surface area contributed by atoms with Crippen molar-refractivity contribution < 1.29 is 97.5 Å². The van der Waals surface area contributed by atoms with Gasteiger partial charge >= 0.3 is 12.3 Å². The highest BCUT2D eigenvalue weighted by Gasteiger charge is 2.50. The molecule has 0 aromatic rings. The third-order valence-corrected chi connectivity index (χ3v) is 11.7. The summed E-state index contributed by atoms with van der Waals surface area (Å²) in [4.78, 5) is 26.0. The number of alkyl halides is 3. The number of aliphatic hydroxyl groups excluding tert-OH is 9. The molecule has 19 nitrogen and oxygen atoms in total. The summed E-state index contributed by atoms with van der Waals surface area (Å²) in [5, 5.41) is 110. The zero-order chi connectivity index (χ0) is 52.0. The number of amides is 1. The second-order valence-corrected chi connectivity index (χ2v) is 17.9. The van der Waals surface area contributed by atoms with Gasteiger partial charge in [0, 0.05) is 44.6 Å². The predicted molar refractivity (Wildman–Crippen MR) is 245 cm³/mol. The maximum Gasteiger partial charge on any atom is 0.522 e. The molecule has 1 amide bonds. The topological polar surface area (TPSA) is 321 Å². The number of carbonyl (C=O) groups is 2. The van der Waals surface area contributed by atoms with Crippen LogP contribution in [0.1, 0.15) is 71.6 Å². The third-order valence-electron chi connectivity index (χ3n) is 11.7. The van der Waals surface area contributed by atoms with Gasteiger partial charge in [-0.05, 0) is 26.2 Å². The van der Waals surface area contributed by atoms with Crippen LogP contribution in [0.2, 0.25) is 0 Å². The Hall–Kier alpha value is -3.69. The van der Waals surface area contributed by atoms with E-state index in [2.05, 4.69) is 10.1 Å². The van der Waals surface area contributed by atoms with Gasteiger partial charge in [-0.1, -0.05) is 92.0 Å². The number of rotatable bonds is 6. The zero-order valence-electron chi connectivity index (χ0n) is 39.3. The van der Waals surface area contributed by atoms with E-state index in [1.54, 1.807) is 86.8 Å². The lowest BCUT2D eigenvalue weighted by Gasteiger charge is -2.45. The molecule has 0 aromatic heterocycles. The highest BCUT2D eigenvalue weighted by Crippen LogP contribution is 2.38. The number of allylic oxidation sites excluding steroid dienone is 12. The fourth-order valence-corrected chi connectivity index (χ4v) is 7.97.